The summed E-state index contributed by atoms with van der Waals surface area (Å²) in [5, 5.41) is 0. The summed E-state index contributed by atoms with van der Waals surface area (Å²) in [6.45, 7) is 2.72. The lowest BCUT2D eigenvalue weighted by atomic mass is 9.97. The fraction of sp³-hybridized carbons (Fsp3) is 0.318. The Labute approximate surface area is 168 Å². The van der Waals surface area contributed by atoms with Crippen molar-refractivity contribution in [3.05, 3.63) is 63.9 Å². The van der Waals surface area contributed by atoms with Crippen molar-refractivity contribution in [2.75, 3.05) is 19.7 Å². The molecule has 1 aromatic carbocycles. The maximum atomic E-state index is 12.3. The number of ether oxygens (including phenoxy) is 1. The van der Waals surface area contributed by atoms with Crippen LogP contribution in [0.3, 0.4) is 0 Å². The summed E-state index contributed by atoms with van der Waals surface area (Å²) in [6.07, 6.45) is 4.46. The van der Waals surface area contributed by atoms with Crippen LogP contribution < -0.4 is 0 Å². The van der Waals surface area contributed by atoms with Crippen LogP contribution in [0.4, 0.5) is 0 Å². The van der Waals surface area contributed by atoms with E-state index in [4.69, 9.17) is 4.74 Å². The van der Waals surface area contributed by atoms with Crippen molar-refractivity contribution in [3.63, 3.8) is 0 Å². The third-order valence-electron chi connectivity index (χ3n) is 4.72. The quantitative estimate of drug-likeness (QED) is 0.423. The third-order valence-corrected chi connectivity index (χ3v) is 5.76. The Morgan fingerprint density at radius 3 is 2.46 bits per heavy atom. The second-order valence-corrected chi connectivity index (χ2v) is 8.07. The molecule has 0 spiro atoms. The SMILES string of the molecule is Cc1ccc(C(=O)COC(=O)C2CCN(C(=O)/C=C/c3ccccc3)CC2)s1. The van der Waals surface area contributed by atoms with Crippen LogP contribution in [0.15, 0.2) is 48.5 Å². The predicted octanol–water partition coefficient (Wildman–Crippen LogP) is 3.73. The number of nitrogens with zero attached hydrogens (tertiary/aromatic N) is 1. The van der Waals surface area contributed by atoms with Crippen molar-refractivity contribution in [1.82, 2.24) is 4.90 Å². The highest BCUT2D eigenvalue weighted by atomic mass is 32.1. The van der Waals surface area contributed by atoms with E-state index in [-0.39, 0.29) is 30.2 Å². The van der Waals surface area contributed by atoms with Crippen LogP contribution in [-0.2, 0) is 14.3 Å². The molecular weight excluding hydrogens is 374 g/mol. The van der Waals surface area contributed by atoms with Gasteiger partial charge in [0, 0.05) is 24.0 Å². The van der Waals surface area contributed by atoms with Crippen molar-refractivity contribution in [1.29, 1.82) is 0 Å². The number of esters is 1. The first kappa shape index (κ1) is 20.0. The molecule has 0 atom stereocenters. The smallest absolute Gasteiger partial charge is 0.309 e. The molecule has 0 radical (unpaired) electrons. The van der Waals surface area contributed by atoms with Gasteiger partial charge in [0.05, 0.1) is 10.8 Å². The highest BCUT2D eigenvalue weighted by Gasteiger charge is 2.28. The van der Waals surface area contributed by atoms with Crippen LogP contribution >= 0.6 is 11.3 Å². The molecule has 0 N–H and O–H groups in total. The van der Waals surface area contributed by atoms with Crippen LogP contribution in [0.2, 0.25) is 0 Å². The van der Waals surface area contributed by atoms with Gasteiger partial charge in [-0.1, -0.05) is 30.3 Å². The summed E-state index contributed by atoms with van der Waals surface area (Å²) < 4.78 is 5.21. The van der Waals surface area contributed by atoms with Gasteiger partial charge in [0.25, 0.3) is 0 Å². The Morgan fingerprint density at radius 2 is 1.82 bits per heavy atom. The van der Waals surface area contributed by atoms with Gasteiger partial charge in [-0.3, -0.25) is 14.4 Å². The first-order valence-electron chi connectivity index (χ1n) is 9.31. The van der Waals surface area contributed by atoms with Crippen molar-refractivity contribution in [2.45, 2.75) is 19.8 Å². The van der Waals surface area contributed by atoms with Gasteiger partial charge in [0.15, 0.2) is 6.61 Å². The zero-order valence-electron chi connectivity index (χ0n) is 15.8. The van der Waals surface area contributed by atoms with E-state index >= 15 is 0 Å². The number of ketones is 1. The number of hydrogen-bond acceptors (Lipinski definition) is 5. The van der Waals surface area contributed by atoms with E-state index in [0.717, 1.165) is 10.4 Å². The molecule has 0 unspecified atom stereocenters. The van der Waals surface area contributed by atoms with Crippen LogP contribution in [0.1, 0.15) is 33.0 Å². The van der Waals surface area contributed by atoms with E-state index < -0.39 is 0 Å². The third kappa shape index (κ3) is 5.39. The van der Waals surface area contributed by atoms with Crippen molar-refractivity contribution in [2.24, 2.45) is 5.92 Å². The number of hydrogen-bond donors (Lipinski definition) is 0. The molecule has 2 aromatic rings. The minimum atomic E-state index is -0.353. The van der Waals surface area contributed by atoms with Crippen LogP contribution in [0.5, 0.6) is 0 Å². The fourth-order valence-corrected chi connectivity index (χ4v) is 3.87. The molecule has 1 amide bonds. The number of benzene rings is 1. The zero-order valence-corrected chi connectivity index (χ0v) is 16.6. The number of rotatable bonds is 6. The van der Waals surface area contributed by atoms with Gasteiger partial charge in [-0.25, -0.2) is 0 Å². The molecule has 1 aromatic heterocycles. The Morgan fingerprint density at radius 1 is 1.11 bits per heavy atom. The first-order chi connectivity index (χ1) is 13.5. The molecule has 2 heterocycles. The lowest BCUT2D eigenvalue weighted by Crippen LogP contribution is -2.40. The largest absolute Gasteiger partial charge is 0.457 e. The lowest BCUT2D eigenvalue weighted by Gasteiger charge is -2.30. The predicted molar refractivity (Wildman–Crippen MR) is 109 cm³/mol. The van der Waals surface area contributed by atoms with E-state index in [0.29, 0.717) is 30.8 Å². The standard InChI is InChI=1S/C22H23NO4S/c1-16-7-9-20(28-16)19(24)15-27-22(26)18-11-13-23(14-12-18)21(25)10-8-17-5-3-2-4-6-17/h2-10,18H,11-15H2,1H3/b10-8+. The molecule has 0 bridgehead atoms. The van der Waals surface area contributed by atoms with Gasteiger partial charge < -0.3 is 9.64 Å². The van der Waals surface area contributed by atoms with Gasteiger partial charge in [0.1, 0.15) is 0 Å². The van der Waals surface area contributed by atoms with E-state index in [1.54, 1.807) is 23.1 Å². The number of amides is 1. The first-order valence-corrected chi connectivity index (χ1v) is 10.1. The van der Waals surface area contributed by atoms with E-state index in [9.17, 15) is 14.4 Å². The number of piperidine rings is 1. The molecule has 1 aliphatic heterocycles. The van der Waals surface area contributed by atoms with Gasteiger partial charge in [-0.15, -0.1) is 11.3 Å². The maximum Gasteiger partial charge on any atom is 0.309 e. The normalized spacial score (nSPS) is 15.0. The minimum absolute atomic E-state index is 0.0566. The molecule has 3 rings (SSSR count). The average molecular weight is 397 g/mol. The molecule has 1 fully saturated rings. The number of carbonyl (C=O) groups is 3. The molecule has 0 aliphatic carbocycles. The van der Waals surface area contributed by atoms with Crippen LogP contribution in [0, 0.1) is 12.8 Å². The number of likely N-dealkylation sites (tertiary alicyclic amines) is 1. The molecule has 6 heteroatoms. The molecule has 1 aliphatic rings. The number of thiophene rings is 1. The lowest BCUT2D eigenvalue weighted by molar-refractivity contribution is -0.150. The molecule has 5 nitrogen and oxygen atoms in total. The Balaban J connectivity index is 1.43. The molecule has 146 valence electrons. The zero-order chi connectivity index (χ0) is 19.9. The monoisotopic (exact) mass is 397 g/mol. The van der Waals surface area contributed by atoms with Crippen LogP contribution in [-0.4, -0.2) is 42.3 Å². The topological polar surface area (TPSA) is 63.7 Å². The fourth-order valence-electron chi connectivity index (χ4n) is 3.08. The Kier molecular flexibility index (Phi) is 6.76. The van der Waals surface area contributed by atoms with Crippen molar-refractivity contribution >= 4 is 35.1 Å². The summed E-state index contributed by atoms with van der Waals surface area (Å²) in [4.78, 5) is 40.0. The summed E-state index contributed by atoms with van der Waals surface area (Å²) in [5.74, 6) is -0.849. The molecule has 0 saturated carbocycles. The number of carbonyl (C=O) groups excluding carboxylic acids is 3. The maximum absolute atomic E-state index is 12.3. The van der Waals surface area contributed by atoms with E-state index in [1.165, 1.54) is 11.3 Å². The molecular formula is C22H23NO4S. The summed E-state index contributed by atoms with van der Waals surface area (Å²) in [7, 11) is 0. The van der Waals surface area contributed by atoms with Crippen molar-refractivity contribution in [3.8, 4) is 0 Å². The minimum Gasteiger partial charge on any atom is -0.457 e. The Hall–Kier alpha value is -2.73. The molecule has 1 saturated heterocycles. The molecule has 28 heavy (non-hydrogen) atoms. The van der Waals surface area contributed by atoms with E-state index in [2.05, 4.69) is 0 Å². The second-order valence-electron chi connectivity index (χ2n) is 6.78. The number of aryl methyl sites for hydroxylation is 1. The van der Waals surface area contributed by atoms with Gasteiger partial charge in [-0.05, 0) is 43.5 Å². The summed E-state index contributed by atoms with van der Waals surface area (Å²) in [5.41, 5.74) is 0.972. The average Bonchev–Trinajstić information content (AvgIpc) is 3.17. The summed E-state index contributed by atoms with van der Waals surface area (Å²) in [6, 6.07) is 13.3. The Bertz CT molecular complexity index is 864. The van der Waals surface area contributed by atoms with Crippen molar-refractivity contribution < 1.29 is 19.1 Å². The second kappa shape index (κ2) is 9.46. The van der Waals surface area contributed by atoms with Crippen LogP contribution in [0.25, 0.3) is 6.08 Å². The number of Topliss-reactive ketones (excluding diaryl/α,β-unsaturated/α-hetero) is 1. The van der Waals surface area contributed by atoms with E-state index in [1.807, 2.05) is 43.3 Å². The highest BCUT2D eigenvalue weighted by Crippen LogP contribution is 2.20. The van der Waals surface area contributed by atoms with Gasteiger partial charge >= 0.3 is 5.97 Å². The highest BCUT2D eigenvalue weighted by molar-refractivity contribution is 7.14. The summed E-state index contributed by atoms with van der Waals surface area (Å²) >= 11 is 1.40. The van der Waals surface area contributed by atoms with Gasteiger partial charge in [0.2, 0.25) is 11.7 Å². The van der Waals surface area contributed by atoms with Gasteiger partial charge in [-0.2, -0.15) is 0 Å².